The molecule has 0 aliphatic heterocycles. The molecule has 5 nitrogen and oxygen atoms in total. The minimum absolute atomic E-state index is 0.654. The van der Waals surface area contributed by atoms with E-state index in [0.29, 0.717) is 6.54 Å². The predicted molar refractivity (Wildman–Crippen MR) is 58.6 cm³/mol. The van der Waals surface area contributed by atoms with Crippen LogP contribution in [-0.2, 0) is 13.0 Å². The standard InChI is InChI=1S/C9H11N5S/c1-2-8-13-9(15-14-8)11-5-7-3-4-10-6-12-7/h3-4,6H,2,5H2,1H3,(H,11,13,14). The molecule has 0 amide bonds. The van der Waals surface area contributed by atoms with Crippen molar-refractivity contribution in [3.05, 3.63) is 30.1 Å². The van der Waals surface area contributed by atoms with Crippen molar-refractivity contribution >= 4 is 16.7 Å². The fourth-order valence-corrected chi connectivity index (χ4v) is 1.70. The number of hydrogen-bond acceptors (Lipinski definition) is 6. The van der Waals surface area contributed by atoms with Crippen LogP contribution in [0.5, 0.6) is 0 Å². The molecule has 6 heteroatoms. The van der Waals surface area contributed by atoms with Gasteiger partial charge in [0.25, 0.3) is 0 Å². The lowest BCUT2D eigenvalue weighted by Gasteiger charge is -1.99. The van der Waals surface area contributed by atoms with E-state index in [1.165, 1.54) is 17.9 Å². The second-order valence-corrected chi connectivity index (χ2v) is 3.68. The molecule has 0 fully saturated rings. The Morgan fingerprint density at radius 2 is 2.40 bits per heavy atom. The maximum atomic E-state index is 4.30. The van der Waals surface area contributed by atoms with Crippen LogP contribution in [0.25, 0.3) is 0 Å². The zero-order valence-corrected chi connectivity index (χ0v) is 9.16. The van der Waals surface area contributed by atoms with Gasteiger partial charge in [0.05, 0.1) is 12.2 Å². The van der Waals surface area contributed by atoms with Crippen molar-refractivity contribution in [2.45, 2.75) is 19.9 Å². The Labute approximate surface area is 91.8 Å². The molecule has 2 heterocycles. The quantitative estimate of drug-likeness (QED) is 0.847. The van der Waals surface area contributed by atoms with Gasteiger partial charge in [-0.25, -0.2) is 15.0 Å². The molecule has 0 spiro atoms. The lowest BCUT2D eigenvalue weighted by molar-refractivity contribution is 0.975. The van der Waals surface area contributed by atoms with E-state index < -0.39 is 0 Å². The van der Waals surface area contributed by atoms with E-state index in [2.05, 4.69) is 24.6 Å². The number of nitrogens with one attached hydrogen (secondary N) is 1. The van der Waals surface area contributed by atoms with Crippen molar-refractivity contribution in [2.75, 3.05) is 5.32 Å². The van der Waals surface area contributed by atoms with Crippen LogP contribution in [0.4, 0.5) is 5.13 Å². The van der Waals surface area contributed by atoms with Gasteiger partial charge in [-0.3, -0.25) is 0 Å². The first-order valence-electron chi connectivity index (χ1n) is 4.70. The third-order valence-electron chi connectivity index (χ3n) is 1.85. The Morgan fingerprint density at radius 3 is 3.07 bits per heavy atom. The number of anilines is 1. The van der Waals surface area contributed by atoms with E-state index in [4.69, 9.17) is 0 Å². The van der Waals surface area contributed by atoms with Gasteiger partial charge in [-0.2, -0.15) is 4.37 Å². The molecule has 0 aromatic carbocycles. The molecule has 2 rings (SSSR count). The first-order chi connectivity index (χ1) is 7.38. The molecule has 0 atom stereocenters. The molecule has 0 saturated carbocycles. The molecule has 0 aliphatic carbocycles. The average Bonchev–Trinajstić information content (AvgIpc) is 2.76. The maximum absolute atomic E-state index is 4.30. The van der Waals surface area contributed by atoms with Crippen molar-refractivity contribution < 1.29 is 0 Å². The van der Waals surface area contributed by atoms with Gasteiger partial charge in [0, 0.05) is 24.2 Å². The largest absolute Gasteiger partial charge is 0.355 e. The van der Waals surface area contributed by atoms with Gasteiger partial charge >= 0.3 is 0 Å². The van der Waals surface area contributed by atoms with Crippen molar-refractivity contribution in [3.63, 3.8) is 0 Å². The highest BCUT2D eigenvalue weighted by Gasteiger charge is 2.01. The average molecular weight is 221 g/mol. The molecule has 0 radical (unpaired) electrons. The third kappa shape index (κ3) is 2.69. The zero-order chi connectivity index (χ0) is 10.5. The monoisotopic (exact) mass is 221 g/mol. The summed E-state index contributed by atoms with van der Waals surface area (Å²) in [6, 6.07) is 1.87. The van der Waals surface area contributed by atoms with Crippen molar-refractivity contribution in [3.8, 4) is 0 Å². The number of hydrogen-bond donors (Lipinski definition) is 1. The van der Waals surface area contributed by atoms with Crippen LogP contribution in [-0.4, -0.2) is 19.3 Å². The lowest BCUT2D eigenvalue weighted by Crippen LogP contribution is -2.01. The third-order valence-corrected chi connectivity index (χ3v) is 2.56. The minimum Gasteiger partial charge on any atom is -0.355 e. The molecule has 2 aromatic rings. The summed E-state index contributed by atoms with van der Waals surface area (Å²) in [7, 11) is 0. The molecular weight excluding hydrogens is 210 g/mol. The smallest absolute Gasteiger partial charge is 0.202 e. The highest BCUT2D eigenvalue weighted by molar-refractivity contribution is 7.09. The summed E-state index contributed by atoms with van der Waals surface area (Å²) in [6.45, 7) is 2.69. The number of nitrogens with zero attached hydrogens (tertiary/aromatic N) is 4. The summed E-state index contributed by atoms with van der Waals surface area (Å²) in [6.07, 6.45) is 4.13. The molecule has 0 aliphatic rings. The molecule has 0 bridgehead atoms. The Hall–Kier alpha value is -1.56. The Kier molecular flexibility index (Phi) is 3.18. The number of aryl methyl sites for hydroxylation is 1. The van der Waals surface area contributed by atoms with Crippen LogP contribution in [0.1, 0.15) is 18.4 Å². The van der Waals surface area contributed by atoms with Crippen molar-refractivity contribution in [1.29, 1.82) is 0 Å². The van der Waals surface area contributed by atoms with Gasteiger partial charge < -0.3 is 5.32 Å². The van der Waals surface area contributed by atoms with Gasteiger partial charge in [0.15, 0.2) is 0 Å². The summed E-state index contributed by atoms with van der Waals surface area (Å²) in [5.74, 6) is 0.880. The SMILES string of the molecule is CCc1nsc(NCc2ccncn2)n1. The highest BCUT2D eigenvalue weighted by Crippen LogP contribution is 2.11. The minimum atomic E-state index is 0.654. The summed E-state index contributed by atoms with van der Waals surface area (Å²) in [5.41, 5.74) is 0.943. The first kappa shape index (κ1) is 9.97. The highest BCUT2D eigenvalue weighted by atomic mass is 32.1. The molecule has 0 unspecified atom stereocenters. The molecule has 15 heavy (non-hydrogen) atoms. The van der Waals surface area contributed by atoms with Crippen LogP contribution in [0.2, 0.25) is 0 Å². The Morgan fingerprint density at radius 1 is 1.47 bits per heavy atom. The normalized spacial score (nSPS) is 10.2. The van der Waals surface area contributed by atoms with Crippen LogP contribution in [0.15, 0.2) is 18.6 Å². The van der Waals surface area contributed by atoms with Crippen molar-refractivity contribution in [2.24, 2.45) is 0 Å². The molecule has 0 saturated heterocycles. The molecule has 1 N–H and O–H groups in total. The Bertz CT molecular complexity index is 413. The van der Waals surface area contributed by atoms with Crippen LogP contribution in [0.3, 0.4) is 0 Å². The topological polar surface area (TPSA) is 63.6 Å². The van der Waals surface area contributed by atoms with E-state index in [1.54, 1.807) is 6.20 Å². The lowest BCUT2D eigenvalue weighted by atomic mass is 10.4. The fourth-order valence-electron chi connectivity index (χ4n) is 1.06. The maximum Gasteiger partial charge on any atom is 0.202 e. The predicted octanol–water partition coefficient (Wildman–Crippen LogP) is 1.50. The zero-order valence-electron chi connectivity index (χ0n) is 8.34. The molecule has 2 aromatic heterocycles. The van der Waals surface area contributed by atoms with Gasteiger partial charge in [-0.15, -0.1) is 0 Å². The summed E-state index contributed by atoms with van der Waals surface area (Å²) >= 11 is 1.38. The van der Waals surface area contributed by atoms with E-state index in [0.717, 1.165) is 23.1 Å². The van der Waals surface area contributed by atoms with E-state index in [9.17, 15) is 0 Å². The van der Waals surface area contributed by atoms with Gasteiger partial charge in [0.1, 0.15) is 12.2 Å². The second kappa shape index (κ2) is 4.79. The first-order valence-corrected chi connectivity index (χ1v) is 5.47. The van der Waals surface area contributed by atoms with Crippen molar-refractivity contribution in [1.82, 2.24) is 19.3 Å². The fraction of sp³-hybridized carbons (Fsp3) is 0.333. The van der Waals surface area contributed by atoms with E-state index in [1.807, 2.05) is 13.0 Å². The number of aromatic nitrogens is 4. The van der Waals surface area contributed by atoms with Gasteiger partial charge in [-0.1, -0.05) is 6.92 Å². The molecule has 78 valence electrons. The Balaban J connectivity index is 1.93. The second-order valence-electron chi connectivity index (χ2n) is 2.92. The van der Waals surface area contributed by atoms with Gasteiger partial charge in [0.2, 0.25) is 5.13 Å². The number of rotatable bonds is 4. The van der Waals surface area contributed by atoms with Crippen LogP contribution < -0.4 is 5.32 Å². The summed E-state index contributed by atoms with van der Waals surface area (Å²) in [4.78, 5) is 12.3. The van der Waals surface area contributed by atoms with Crippen LogP contribution >= 0.6 is 11.5 Å². The van der Waals surface area contributed by atoms with E-state index >= 15 is 0 Å². The van der Waals surface area contributed by atoms with Gasteiger partial charge in [-0.05, 0) is 6.07 Å². The molecular formula is C9H11N5S. The van der Waals surface area contributed by atoms with E-state index in [-0.39, 0.29) is 0 Å². The summed E-state index contributed by atoms with van der Waals surface area (Å²) < 4.78 is 4.18. The summed E-state index contributed by atoms with van der Waals surface area (Å²) in [5, 5.41) is 4.01. The van der Waals surface area contributed by atoms with Crippen LogP contribution in [0, 0.1) is 0 Å².